The van der Waals surface area contributed by atoms with Gasteiger partial charge in [-0.2, -0.15) is 0 Å². The number of fused-ring (bicyclic) bond motifs is 1. The predicted molar refractivity (Wildman–Crippen MR) is 57.6 cm³/mol. The molecule has 0 aromatic heterocycles. The Kier molecular flexibility index (Phi) is 2.22. The van der Waals surface area contributed by atoms with Gasteiger partial charge >= 0.3 is 0 Å². The molecule has 0 N–H and O–H groups in total. The second-order valence-corrected chi connectivity index (χ2v) is 3.77. The molecule has 0 heteroatoms. The maximum Gasteiger partial charge on any atom is -0.0193 e. The summed E-state index contributed by atoms with van der Waals surface area (Å²) in [5.41, 5.74) is 6.19. The topological polar surface area (TPSA) is 0 Å². The molecule has 1 aliphatic carbocycles. The van der Waals surface area contributed by atoms with Crippen molar-refractivity contribution in [2.75, 3.05) is 0 Å². The third-order valence-corrected chi connectivity index (χ3v) is 3.03. The van der Waals surface area contributed by atoms with Crippen LogP contribution in [-0.2, 0) is 6.42 Å². The van der Waals surface area contributed by atoms with Gasteiger partial charge in [0, 0.05) is 0 Å². The lowest BCUT2D eigenvalue weighted by molar-refractivity contribution is 1.04. The SMILES string of the molecule is CC/C(C)=C1\CCc2ccccc21. The molecule has 0 amide bonds. The van der Waals surface area contributed by atoms with Gasteiger partial charge in [0.1, 0.15) is 0 Å². The molecule has 0 unspecified atom stereocenters. The van der Waals surface area contributed by atoms with Gasteiger partial charge in [-0.05, 0) is 42.9 Å². The summed E-state index contributed by atoms with van der Waals surface area (Å²) in [4.78, 5) is 0. The first-order chi connectivity index (χ1) is 6.33. The van der Waals surface area contributed by atoms with Crippen molar-refractivity contribution < 1.29 is 0 Å². The summed E-state index contributed by atoms with van der Waals surface area (Å²) in [6.45, 7) is 4.50. The van der Waals surface area contributed by atoms with Gasteiger partial charge in [0.2, 0.25) is 0 Å². The van der Waals surface area contributed by atoms with Gasteiger partial charge in [0.05, 0.1) is 0 Å². The number of benzene rings is 1. The van der Waals surface area contributed by atoms with E-state index in [2.05, 4.69) is 38.1 Å². The predicted octanol–water partition coefficient (Wildman–Crippen LogP) is 3.82. The third kappa shape index (κ3) is 1.41. The summed E-state index contributed by atoms with van der Waals surface area (Å²) in [7, 11) is 0. The van der Waals surface area contributed by atoms with E-state index in [4.69, 9.17) is 0 Å². The lowest BCUT2D eigenvalue weighted by atomic mass is 10.0. The van der Waals surface area contributed by atoms with E-state index >= 15 is 0 Å². The van der Waals surface area contributed by atoms with E-state index in [9.17, 15) is 0 Å². The van der Waals surface area contributed by atoms with Crippen LogP contribution >= 0.6 is 0 Å². The van der Waals surface area contributed by atoms with Crippen LogP contribution in [0, 0.1) is 0 Å². The Bertz CT molecular complexity index is 345. The first-order valence-corrected chi connectivity index (χ1v) is 5.10. The molecule has 68 valence electrons. The number of aryl methyl sites for hydroxylation is 1. The Balaban J connectivity index is 2.50. The molecule has 0 saturated heterocycles. The van der Waals surface area contributed by atoms with Crippen molar-refractivity contribution in [3.05, 3.63) is 41.0 Å². The molecule has 0 spiro atoms. The highest BCUT2D eigenvalue weighted by Crippen LogP contribution is 2.34. The third-order valence-electron chi connectivity index (χ3n) is 3.03. The first-order valence-electron chi connectivity index (χ1n) is 5.10. The molecule has 2 rings (SSSR count). The summed E-state index contributed by atoms with van der Waals surface area (Å²) in [6.07, 6.45) is 3.67. The lowest BCUT2D eigenvalue weighted by Crippen LogP contribution is -1.83. The standard InChI is InChI=1S/C13H16/c1-3-10(2)12-9-8-11-6-4-5-7-13(11)12/h4-7H,3,8-9H2,1-2H3/b12-10+. The van der Waals surface area contributed by atoms with E-state index in [1.54, 1.807) is 11.1 Å². The Hall–Kier alpha value is -1.04. The van der Waals surface area contributed by atoms with Crippen LogP contribution in [0.4, 0.5) is 0 Å². The van der Waals surface area contributed by atoms with Crippen molar-refractivity contribution in [3.8, 4) is 0 Å². The average Bonchev–Trinajstić information content (AvgIpc) is 2.60. The molecule has 0 bridgehead atoms. The molecule has 0 radical (unpaired) electrons. The van der Waals surface area contributed by atoms with E-state index in [0.29, 0.717) is 0 Å². The number of hydrogen-bond acceptors (Lipinski definition) is 0. The van der Waals surface area contributed by atoms with Gasteiger partial charge in [-0.15, -0.1) is 0 Å². The van der Waals surface area contributed by atoms with Gasteiger partial charge in [-0.3, -0.25) is 0 Å². The fraction of sp³-hybridized carbons (Fsp3) is 0.385. The van der Waals surface area contributed by atoms with E-state index in [-0.39, 0.29) is 0 Å². The van der Waals surface area contributed by atoms with Crippen molar-refractivity contribution >= 4 is 5.57 Å². The van der Waals surface area contributed by atoms with Crippen LogP contribution in [0.15, 0.2) is 29.8 Å². The van der Waals surface area contributed by atoms with Crippen LogP contribution < -0.4 is 0 Å². The normalized spacial score (nSPS) is 18.6. The number of rotatable bonds is 1. The average molecular weight is 172 g/mol. The zero-order valence-electron chi connectivity index (χ0n) is 8.43. The zero-order valence-corrected chi connectivity index (χ0v) is 8.43. The van der Waals surface area contributed by atoms with Gasteiger partial charge < -0.3 is 0 Å². The maximum atomic E-state index is 2.26. The Labute approximate surface area is 80.3 Å². The van der Waals surface area contributed by atoms with Gasteiger partial charge in [-0.25, -0.2) is 0 Å². The molecule has 13 heavy (non-hydrogen) atoms. The molecule has 1 aromatic rings. The number of hydrogen-bond donors (Lipinski definition) is 0. The minimum absolute atomic E-state index is 1.18. The molecule has 1 aromatic carbocycles. The Morgan fingerprint density at radius 3 is 2.77 bits per heavy atom. The van der Waals surface area contributed by atoms with Gasteiger partial charge in [0.25, 0.3) is 0 Å². The Morgan fingerprint density at radius 2 is 2.00 bits per heavy atom. The fourth-order valence-corrected chi connectivity index (χ4v) is 2.08. The van der Waals surface area contributed by atoms with Crippen molar-refractivity contribution in [1.29, 1.82) is 0 Å². The van der Waals surface area contributed by atoms with Crippen molar-refractivity contribution in [2.24, 2.45) is 0 Å². The summed E-state index contributed by atoms with van der Waals surface area (Å²) >= 11 is 0. The van der Waals surface area contributed by atoms with E-state index < -0.39 is 0 Å². The minimum atomic E-state index is 1.18. The monoisotopic (exact) mass is 172 g/mol. The smallest absolute Gasteiger partial charge is 0.0193 e. The van der Waals surface area contributed by atoms with Crippen LogP contribution in [0.25, 0.3) is 5.57 Å². The molecular weight excluding hydrogens is 156 g/mol. The highest BCUT2D eigenvalue weighted by Gasteiger charge is 2.16. The van der Waals surface area contributed by atoms with Gasteiger partial charge in [0.15, 0.2) is 0 Å². The summed E-state index contributed by atoms with van der Waals surface area (Å²) in [6, 6.07) is 8.80. The molecule has 0 fully saturated rings. The van der Waals surface area contributed by atoms with Crippen molar-refractivity contribution in [2.45, 2.75) is 33.1 Å². The van der Waals surface area contributed by atoms with Crippen LogP contribution in [0.5, 0.6) is 0 Å². The quantitative estimate of drug-likeness (QED) is 0.604. The minimum Gasteiger partial charge on any atom is -0.0698 e. The molecule has 0 aliphatic heterocycles. The molecule has 0 saturated carbocycles. The van der Waals surface area contributed by atoms with E-state index in [1.807, 2.05) is 0 Å². The lowest BCUT2D eigenvalue weighted by Gasteiger charge is -2.04. The van der Waals surface area contributed by atoms with Gasteiger partial charge in [-0.1, -0.05) is 36.8 Å². The first kappa shape index (κ1) is 8.55. The summed E-state index contributed by atoms with van der Waals surface area (Å²) < 4.78 is 0. The molecule has 1 aliphatic rings. The van der Waals surface area contributed by atoms with Crippen molar-refractivity contribution in [3.63, 3.8) is 0 Å². The summed E-state index contributed by atoms with van der Waals surface area (Å²) in [5.74, 6) is 0. The highest BCUT2D eigenvalue weighted by atomic mass is 14.2. The van der Waals surface area contributed by atoms with Crippen molar-refractivity contribution in [1.82, 2.24) is 0 Å². The molecule has 0 nitrogen and oxygen atoms in total. The molecule has 0 heterocycles. The molecular formula is C13H16. The zero-order chi connectivity index (χ0) is 9.26. The fourth-order valence-electron chi connectivity index (χ4n) is 2.08. The summed E-state index contributed by atoms with van der Waals surface area (Å²) in [5, 5.41) is 0. The van der Waals surface area contributed by atoms with Crippen LogP contribution in [0.3, 0.4) is 0 Å². The van der Waals surface area contributed by atoms with Crippen LogP contribution in [0.2, 0.25) is 0 Å². The maximum absolute atomic E-state index is 2.26. The largest absolute Gasteiger partial charge is 0.0698 e. The highest BCUT2D eigenvalue weighted by molar-refractivity contribution is 5.74. The number of allylic oxidation sites excluding steroid dienone is 2. The molecule has 0 atom stereocenters. The van der Waals surface area contributed by atoms with Crippen LogP contribution in [0.1, 0.15) is 37.8 Å². The van der Waals surface area contributed by atoms with E-state index in [1.165, 1.54) is 30.4 Å². The second-order valence-electron chi connectivity index (χ2n) is 3.77. The Morgan fingerprint density at radius 1 is 1.23 bits per heavy atom. The van der Waals surface area contributed by atoms with Crippen LogP contribution in [-0.4, -0.2) is 0 Å². The van der Waals surface area contributed by atoms with E-state index in [0.717, 1.165) is 0 Å². The second kappa shape index (κ2) is 3.37.